The van der Waals surface area contributed by atoms with E-state index in [-0.39, 0.29) is 0 Å². The van der Waals surface area contributed by atoms with E-state index in [2.05, 4.69) is 40.9 Å². The highest BCUT2D eigenvalue weighted by Gasteiger charge is 2.16. The number of nitrogens with zero attached hydrogens (tertiary/aromatic N) is 3. The number of carbonyl (C=O) groups excluding carboxylic acids is 1. The average molecular weight is 426 g/mol. The molecule has 0 aliphatic carbocycles. The van der Waals surface area contributed by atoms with Gasteiger partial charge in [-0.25, -0.2) is 14.8 Å². The fraction of sp³-hybridized carbons (Fsp3) is 0.438. The quantitative estimate of drug-likeness (QED) is 0.618. The van der Waals surface area contributed by atoms with Crippen molar-refractivity contribution in [2.75, 3.05) is 18.4 Å². The molecule has 0 fully saturated rings. The highest BCUT2D eigenvalue weighted by atomic mass is 79.9. The minimum absolute atomic E-state index is 0.424. The maximum atomic E-state index is 11.7. The van der Waals surface area contributed by atoms with Crippen LogP contribution in [0.15, 0.2) is 16.0 Å². The van der Waals surface area contributed by atoms with Gasteiger partial charge in [0.05, 0.1) is 3.79 Å². The molecule has 0 bridgehead atoms. The fourth-order valence-electron chi connectivity index (χ4n) is 2.39. The summed E-state index contributed by atoms with van der Waals surface area (Å²) in [4.78, 5) is 21.8. The number of amides is 1. The first kappa shape index (κ1) is 17.9. The molecule has 0 aromatic carbocycles. The minimum Gasteiger partial charge on any atom is -0.444 e. The third kappa shape index (κ3) is 4.04. The molecule has 0 atom stereocenters. The first-order chi connectivity index (χ1) is 11.7. The number of anilines is 1. The van der Waals surface area contributed by atoms with Gasteiger partial charge in [0.1, 0.15) is 15.9 Å². The molecule has 1 amide bonds. The number of thiophene rings is 1. The topological polar surface area (TPSA) is 80.5 Å². The van der Waals surface area contributed by atoms with Gasteiger partial charge in [0.15, 0.2) is 11.5 Å². The second kappa shape index (κ2) is 6.80. The van der Waals surface area contributed by atoms with Gasteiger partial charge in [0.2, 0.25) is 0 Å². The lowest BCUT2D eigenvalue weighted by Crippen LogP contribution is -2.35. The number of rotatable bonds is 4. The van der Waals surface area contributed by atoms with E-state index in [4.69, 9.17) is 4.74 Å². The SMILES string of the molecule is Cc1cnc2c(NCCNC(=O)OC(C)(C)C)nc3cc(Br)sc3n12. The Morgan fingerprint density at radius 2 is 2.16 bits per heavy atom. The van der Waals surface area contributed by atoms with Crippen molar-refractivity contribution in [2.45, 2.75) is 33.3 Å². The van der Waals surface area contributed by atoms with E-state index in [0.29, 0.717) is 18.9 Å². The molecule has 7 nitrogen and oxygen atoms in total. The molecule has 0 spiro atoms. The van der Waals surface area contributed by atoms with Crippen LogP contribution in [0.3, 0.4) is 0 Å². The van der Waals surface area contributed by atoms with Crippen molar-refractivity contribution in [1.82, 2.24) is 19.7 Å². The Morgan fingerprint density at radius 3 is 2.88 bits per heavy atom. The number of aromatic nitrogens is 3. The lowest BCUT2D eigenvalue weighted by molar-refractivity contribution is 0.0530. The van der Waals surface area contributed by atoms with Crippen molar-refractivity contribution in [3.05, 3.63) is 21.7 Å². The summed E-state index contributed by atoms with van der Waals surface area (Å²) >= 11 is 5.14. The van der Waals surface area contributed by atoms with Gasteiger partial charge in [-0.15, -0.1) is 11.3 Å². The number of fused-ring (bicyclic) bond motifs is 3. The van der Waals surface area contributed by atoms with E-state index in [1.165, 1.54) is 0 Å². The Labute approximate surface area is 157 Å². The third-order valence-corrected chi connectivity index (χ3v) is 4.95. The molecule has 2 N–H and O–H groups in total. The molecule has 0 unspecified atom stereocenters. The molecular formula is C16H20BrN5O2S. The second-order valence-electron chi connectivity index (χ2n) is 6.62. The van der Waals surface area contributed by atoms with Crippen molar-refractivity contribution >= 4 is 55.2 Å². The summed E-state index contributed by atoms with van der Waals surface area (Å²) in [7, 11) is 0. The normalized spacial score (nSPS) is 11.9. The van der Waals surface area contributed by atoms with Crippen molar-refractivity contribution < 1.29 is 9.53 Å². The van der Waals surface area contributed by atoms with Crippen molar-refractivity contribution in [2.24, 2.45) is 0 Å². The molecular weight excluding hydrogens is 406 g/mol. The van der Waals surface area contributed by atoms with Crippen LogP contribution in [-0.4, -0.2) is 39.2 Å². The molecule has 134 valence electrons. The Hall–Kier alpha value is -1.87. The van der Waals surface area contributed by atoms with Crippen LogP contribution < -0.4 is 10.6 Å². The third-order valence-electron chi connectivity index (χ3n) is 3.33. The smallest absolute Gasteiger partial charge is 0.407 e. The van der Waals surface area contributed by atoms with Gasteiger partial charge in [-0.3, -0.25) is 4.40 Å². The number of alkyl carbamates (subject to hydrolysis) is 1. The number of carbonyl (C=O) groups is 1. The Balaban J connectivity index is 1.72. The van der Waals surface area contributed by atoms with Gasteiger partial charge >= 0.3 is 6.09 Å². The number of hydrogen-bond acceptors (Lipinski definition) is 6. The van der Waals surface area contributed by atoms with Crippen LogP contribution in [0, 0.1) is 6.92 Å². The van der Waals surface area contributed by atoms with Gasteiger partial charge in [-0.1, -0.05) is 0 Å². The van der Waals surface area contributed by atoms with E-state index in [0.717, 1.165) is 25.5 Å². The van der Waals surface area contributed by atoms with Crippen LogP contribution in [-0.2, 0) is 4.74 Å². The zero-order valence-corrected chi connectivity index (χ0v) is 16.9. The lowest BCUT2D eigenvalue weighted by Gasteiger charge is -2.19. The predicted octanol–water partition coefficient (Wildman–Crippen LogP) is 3.95. The fourth-order valence-corrected chi connectivity index (χ4v) is 3.96. The van der Waals surface area contributed by atoms with Gasteiger partial charge in [-0.2, -0.15) is 0 Å². The molecule has 3 aromatic heterocycles. The molecule has 0 aliphatic rings. The van der Waals surface area contributed by atoms with Crippen LogP contribution in [0.25, 0.3) is 16.0 Å². The molecule has 3 rings (SSSR count). The van der Waals surface area contributed by atoms with Gasteiger partial charge in [0.25, 0.3) is 0 Å². The van der Waals surface area contributed by atoms with Crippen LogP contribution in [0.5, 0.6) is 0 Å². The molecule has 0 aliphatic heterocycles. The summed E-state index contributed by atoms with van der Waals surface area (Å²) in [6.07, 6.45) is 1.40. The number of halogens is 1. The number of ether oxygens (including phenoxy) is 1. The zero-order valence-electron chi connectivity index (χ0n) is 14.5. The summed E-state index contributed by atoms with van der Waals surface area (Å²) < 4.78 is 8.32. The number of hydrogen-bond donors (Lipinski definition) is 2. The number of nitrogens with one attached hydrogen (secondary N) is 2. The first-order valence-corrected chi connectivity index (χ1v) is 9.49. The largest absolute Gasteiger partial charge is 0.444 e. The second-order valence-corrected chi connectivity index (χ2v) is 9.03. The lowest BCUT2D eigenvalue weighted by atomic mass is 10.2. The Morgan fingerprint density at radius 1 is 1.40 bits per heavy atom. The van der Waals surface area contributed by atoms with E-state index in [1.54, 1.807) is 11.3 Å². The van der Waals surface area contributed by atoms with Crippen LogP contribution in [0.4, 0.5) is 10.6 Å². The predicted molar refractivity (Wildman–Crippen MR) is 104 cm³/mol. The number of aryl methyl sites for hydroxylation is 1. The first-order valence-electron chi connectivity index (χ1n) is 7.88. The molecule has 0 radical (unpaired) electrons. The zero-order chi connectivity index (χ0) is 18.2. The van der Waals surface area contributed by atoms with E-state index >= 15 is 0 Å². The molecule has 25 heavy (non-hydrogen) atoms. The van der Waals surface area contributed by atoms with Crippen molar-refractivity contribution in [3.63, 3.8) is 0 Å². The van der Waals surface area contributed by atoms with E-state index in [1.807, 2.05) is 40.0 Å². The standard InChI is InChI=1S/C16H20BrN5O2S/c1-9-8-20-13-12(18-5-6-19-15(23)24-16(2,3)4)21-10-7-11(17)25-14(10)22(9)13/h7-8H,5-6H2,1-4H3,(H,18,21)(H,19,23). The molecule has 0 saturated heterocycles. The van der Waals surface area contributed by atoms with Crippen LogP contribution >= 0.6 is 27.3 Å². The van der Waals surface area contributed by atoms with Gasteiger partial charge in [-0.05, 0) is 49.7 Å². The monoisotopic (exact) mass is 425 g/mol. The molecule has 3 heterocycles. The van der Waals surface area contributed by atoms with E-state index in [9.17, 15) is 4.79 Å². The van der Waals surface area contributed by atoms with Gasteiger partial charge < -0.3 is 15.4 Å². The van der Waals surface area contributed by atoms with Gasteiger partial charge in [0, 0.05) is 25.0 Å². The molecule has 0 saturated carbocycles. The Bertz CT molecular complexity index is 928. The highest BCUT2D eigenvalue weighted by molar-refractivity contribution is 9.11. The highest BCUT2D eigenvalue weighted by Crippen LogP contribution is 2.32. The summed E-state index contributed by atoms with van der Waals surface area (Å²) in [5, 5.41) is 5.97. The minimum atomic E-state index is -0.504. The summed E-state index contributed by atoms with van der Waals surface area (Å²) in [6, 6.07) is 1.99. The van der Waals surface area contributed by atoms with Crippen LogP contribution in [0.1, 0.15) is 26.5 Å². The summed E-state index contributed by atoms with van der Waals surface area (Å²) in [5.41, 5.74) is 2.21. The summed E-state index contributed by atoms with van der Waals surface area (Å²) in [6.45, 7) is 8.46. The number of imidazole rings is 1. The Kier molecular flexibility index (Phi) is 4.88. The van der Waals surface area contributed by atoms with E-state index < -0.39 is 11.7 Å². The molecule has 9 heteroatoms. The average Bonchev–Trinajstić information content (AvgIpc) is 3.04. The van der Waals surface area contributed by atoms with Crippen molar-refractivity contribution in [1.29, 1.82) is 0 Å². The van der Waals surface area contributed by atoms with Crippen LogP contribution in [0.2, 0.25) is 0 Å². The summed E-state index contributed by atoms with van der Waals surface area (Å²) in [5.74, 6) is 0.692. The van der Waals surface area contributed by atoms with Crippen molar-refractivity contribution in [3.8, 4) is 0 Å². The maximum absolute atomic E-state index is 11.7. The molecule has 3 aromatic rings. The maximum Gasteiger partial charge on any atom is 0.407 e.